The van der Waals surface area contributed by atoms with Crippen LogP contribution in [0.1, 0.15) is 49.8 Å². The van der Waals surface area contributed by atoms with Gasteiger partial charge in [-0.15, -0.1) is 0 Å². The Balaban J connectivity index is 1.43. The molecule has 2 fully saturated rings. The topological polar surface area (TPSA) is 102 Å². The Labute approximate surface area is 171 Å². The lowest BCUT2D eigenvalue weighted by atomic mass is 9.81. The van der Waals surface area contributed by atoms with Gasteiger partial charge in [-0.3, -0.25) is 19.3 Å². The van der Waals surface area contributed by atoms with Crippen molar-refractivity contribution in [3.63, 3.8) is 0 Å². The Bertz CT molecular complexity index is 850. The quantitative estimate of drug-likeness (QED) is 0.781. The van der Waals surface area contributed by atoms with Crippen molar-refractivity contribution in [3.05, 3.63) is 27.7 Å². The number of carbonyl (C=O) groups is 2. The molecule has 4 rings (SSSR count). The molecular formula is C21H31N5O3. The van der Waals surface area contributed by atoms with Crippen molar-refractivity contribution in [1.82, 2.24) is 19.6 Å². The average molecular weight is 402 g/mol. The van der Waals surface area contributed by atoms with E-state index >= 15 is 0 Å². The van der Waals surface area contributed by atoms with Gasteiger partial charge in [-0.05, 0) is 63.6 Å². The largest absolute Gasteiger partial charge is 0.368 e. The first-order valence-electron chi connectivity index (χ1n) is 10.8. The number of amides is 2. The third-order valence-electron chi connectivity index (χ3n) is 7.13. The maximum absolute atomic E-state index is 13.2. The molecule has 0 spiro atoms. The minimum Gasteiger partial charge on any atom is -0.368 e. The van der Waals surface area contributed by atoms with Crippen LogP contribution in [-0.2, 0) is 29.5 Å². The fourth-order valence-electron chi connectivity index (χ4n) is 5.29. The number of piperidine rings is 2. The first kappa shape index (κ1) is 20.1. The molecule has 0 aromatic carbocycles. The standard InChI is InChI=1S/C21H31N5O3/c1-24-18(27)14-16-13-15(5-6-17(16)23-24)19(28)25-11-7-21(8-12-25,20(22)29)26-9-3-2-4-10-26/h14-15H,2-13H2,1H3,(H2,22,29)/t15-/m1/s1. The lowest BCUT2D eigenvalue weighted by molar-refractivity contribution is -0.144. The smallest absolute Gasteiger partial charge is 0.266 e. The number of rotatable bonds is 3. The number of likely N-dealkylation sites (tertiary alicyclic amines) is 2. The molecule has 1 aromatic heterocycles. The molecule has 1 atom stereocenters. The third kappa shape index (κ3) is 3.70. The zero-order chi connectivity index (χ0) is 20.6. The van der Waals surface area contributed by atoms with E-state index in [1.54, 1.807) is 13.1 Å². The Hall–Kier alpha value is -2.22. The molecule has 0 unspecified atom stereocenters. The summed E-state index contributed by atoms with van der Waals surface area (Å²) in [5.74, 6) is -0.236. The highest BCUT2D eigenvalue weighted by atomic mass is 16.2. The van der Waals surface area contributed by atoms with Gasteiger partial charge in [0.2, 0.25) is 11.8 Å². The lowest BCUT2D eigenvalue weighted by Gasteiger charge is -2.48. The van der Waals surface area contributed by atoms with Crippen LogP contribution in [0.2, 0.25) is 0 Å². The van der Waals surface area contributed by atoms with Crippen LogP contribution in [0.3, 0.4) is 0 Å². The first-order valence-corrected chi connectivity index (χ1v) is 10.8. The highest BCUT2D eigenvalue weighted by molar-refractivity contribution is 5.86. The Morgan fingerprint density at radius 1 is 1.14 bits per heavy atom. The van der Waals surface area contributed by atoms with Crippen molar-refractivity contribution < 1.29 is 9.59 Å². The summed E-state index contributed by atoms with van der Waals surface area (Å²) in [6.45, 7) is 2.96. The van der Waals surface area contributed by atoms with E-state index in [9.17, 15) is 14.4 Å². The number of aromatic nitrogens is 2. The normalized spacial score (nSPS) is 24.7. The molecule has 29 heavy (non-hydrogen) atoms. The Morgan fingerprint density at radius 3 is 2.48 bits per heavy atom. The highest BCUT2D eigenvalue weighted by Crippen LogP contribution is 2.33. The van der Waals surface area contributed by atoms with Crippen molar-refractivity contribution in [3.8, 4) is 0 Å². The Morgan fingerprint density at radius 2 is 1.83 bits per heavy atom. The molecule has 3 heterocycles. The molecular weight excluding hydrogens is 370 g/mol. The maximum Gasteiger partial charge on any atom is 0.266 e. The second-order valence-electron chi connectivity index (χ2n) is 8.79. The minimum atomic E-state index is -0.605. The minimum absolute atomic E-state index is 0.118. The van der Waals surface area contributed by atoms with Crippen molar-refractivity contribution in [2.45, 2.75) is 56.9 Å². The van der Waals surface area contributed by atoms with E-state index in [4.69, 9.17) is 5.73 Å². The van der Waals surface area contributed by atoms with E-state index in [-0.39, 0.29) is 23.3 Å². The molecule has 2 N–H and O–H groups in total. The van der Waals surface area contributed by atoms with Gasteiger partial charge in [0.15, 0.2) is 0 Å². The van der Waals surface area contributed by atoms with Crippen LogP contribution in [0.5, 0.6) is 0 Å². The van der Waals surface area contributed by atoms with Crippen LogP contribution >= 0.6 is 0 Å². The van der Waals surface area contributed by atoms with Crippen LogP contribution in [0, 0.1) is 5.92 Å². The van der Waals surface area contributed by atoms with E-state index in [1.165, 1.54) is 11.1 Å². The summed E-state index contributed by atoms with van der Waals surface area (Å²) in [6, 6.07) is 1.62. The van der Waals surface area contributed by atoms with Gasteiger partial charge >= 0.3 is 0 Å². The van der Waals surface area contributed by atoms with E-state index in [0.717, 1.165) is 43.6 Å². The van der Waals surface area contributed by atoms with Gasteiger partial charge in [-0.2, -0.15) is 5.10 Å². The molecule has 2 saturated heterocycles. The van der Waals surface area contributed by atoms with E-state index in [0.29, 0.717) is 38.8 Å². The summed E-state index contributed by atoms with van der Waals surface area (Å²) in [7, 11) is 1.65. The fraction of sp³-hybridized carbons (Fsp3) is 0.714. The molecule has 0 radical (unpaired) electrons. The van der Waals surface area contributed by atoms with Crippen LogP contribution in [0.4, 0.5) is 0 Å². The average Bonchev–Trinajstić information content (AvgIpc) is 2.74. The van der Waals surface area contributed by atoms with Gasteiger partial charge in [0, 0.05) is 32.1 Å². The van der Waals surface area contributed by atoms with Crippen molar-refractivity contribution in [1.29, 1.82) is 0 Å². The molecule has 0 bridgehead atoms. The van der Waals surface area contributed by atoms with Crippen molar-refractivity contribution in [2.75, 3.05) is 26.2 Å². The SMILES string of the molecule is Cn1nc2c(cc1=O)C[C@H](C(=O)N1CCC(C(N)=O)(N3CCCCC3)CC1)CC2. The number of nitrogens with zero attached hydrogens (tertiary/aromatic N) is 4. The molecule has 3 aliphatic rings. The van der Waals surface area contributed by atoms with Crippen LogP contribution in [-0.4, -0.2) is 63.1 Å². The number of hydrogen-bond donors (Lipinski definition) is 1. The van der Waals surface area contributed by atoms with Crippen molar-refractivity contribution >= 4 is 11.8 Å². The zero-order valence-corrected chi connectivity index (χ0v) is 17.2. The second-order valence-corrected chi connectivity index (χ2v) is 8.79. The molecule has 0 saturated carbocycles. The van der Waals surface area contributed by atoms with Gasteiger partial charge < -0.3 is 10.6 Å². The van der Waals surface area contributed by atoms with Crippen LogP contribution < -0.4 is 11.3 Å². The van der Waals surface area contributed by atoms with Gasteiger partial charge in [0.05, 0.1) is 5.69 Å². The fourth-order valence-corrected chi connectivity index (χ4v) is 5.29. The third-order valence-corrected chi connectivity index (χ3v) is 7.13. The molecule has 1 aliphatic carbocycles. The molecule has 8 heteroatoms. The van der Waals surface area contributed by atoms with Gasteiger partial charge in [-0.25, -0.2) is 4.68 Å². The molecule has 2 amide bonds. The van der Waals surface area contributed by atoms with Gasteiger partial charge in [-0.1, -0.05) is 6.42 Å². The summed E-state index contributed by atoms with van der Waals surface area (Å²) in [5, 5.41) is 4.33. The second kappa shape index (κ2) is 7.89. The summed E-state index contributed by atoms with van der Waals surface area (Å²) < 4.78 is 1.36. The van der Waals surface area contributed by atoms with E-state index in [2.05, 4.69) is 10.00 Å². The predicted octanol–water partition coefficient (Wildman–Crippen LogP) is 0.218. The van der Waals surface area contributed by atoms with Gasteiger partial charge in [0.25, 0.3) is 5.56 Å². The predicted molar refractivity (Wildman–Crippen MR) is 108 cm³/mol. The molecule has 8 nitrogen and oxygen atoms in total. The summed E-state index contributed by atoms with van der Waals surface area (Å²) in [5.41, 5.74) is 6.93. The zero-order valence-electron chi connectivity index (χ0n) is 17.2. The Kier molecular flexibility index (Phi) is 5.46. The first-order chi connectivity index (χ1) is 13.9. The summed E-state index contributed by atoms with van der Waals surface area (Å²) in [6.07, 6.45) is 6.67. The monoisotopic (exact) mass is 401 g/mol. The molecule has 2 aliphatic heterocycles. The number of hydrogen-bond acceptors (Lipinski definition) is 5. The van der Waals surface area contributed by atoms with Gasteiger partial charge in [0.1, 0.15) is 5.54 Å². The van der Waals surface area contributed by atoms with E-state index < -0.39 is 5.54 Å². The summed E-state index contributed by atoms with van der Waals surface area (Å²) in [4.78, 5) is 41.6. The van der Waals surface area contributed by atoms with Crippen LogP contribution in [0.25, 0.3) is 0 Å². The van der Waals surface area contributed by atoms with E-state index in [1.807, 2.05) is 4.90 Å². The maximum atomic E-state index is 13.2. The number of primary amides is 1. The molecule has 158 valence electrons. The van der Waals surface area contributed by atoms with Crippen LogP contribution in [0.15, 0.2) is 10.9 Å². The lowest BCUT2D eigenvalue weighted by Crippen LogP contribution is -2.64. The molecule has 1 aromatic rings. The number of carbonyl (C=O) groups excluding carboxylic acids is 2. The van der Waals surface area contributed by atoms with Crippen molar-refractivity contribution in [2.24, 2.45) is 18.7 Å². The number of nitrogens with two attached hydrogens (primary N) is 1. The highest BCUT2D eigenvalue weighted by Gasteiger charge is 2.46. The summed E-state index contributed by atoms with van der Waals surface area (Å²) >= 11 is 0. The number of fused-ring (bicyclic) bond motifs is 1. The number of aryl methyl sites for hydroxylation is 2.